The molecule has 0 unspecified atom stereocenters. The zero-order valence-electron chi connectivity index (χ0n) is 6.70. The van der Waals surface area contributed by atoms with Gasteiger partial charge in [-0.15, -0.1) is 0 Å². The molecule has 4 heteroatoms. The summed E-state index contributed by atoms with van der Waals surface area (Å²) in [7, 11) is 0. The van der Waals surface area contributed by atoms with Gasteiger partial charge in [0, 0.05) is 5.41 Å². The number of hydrogen-bond donors (Lipinski definition) is 1. The summed E-state index contributed by atoms with van der Waals surface area (Å²) >= 11 is 4.49. The first-order chi connectivity index (χ1) is 4.91. The van der Waals surface area contributed by atoms with Gasteiger partial charge in [0.2, 0.25) is 0 Å². The fraction of sp³-hybridized carbons (Fsp3) is 0.571. The normalized spacial score (nSPS) is 12.1. The van der Waals surface area contributed by atoms with Crippen LogP contribution in [0.5, 0.6) is 0 Å². The van der Waals surface area contributed by atoms with Gasteiger partial charge in [-0.25, -0.2) is 4.98 Å². The lowest BCUT2D eigenvalue weighted by molar-refractivity contribution is 0.551. The van der Waals surface area contributed by atoms with Crippen LogP contribution in [0.3, 0.4) is 0 Å². The third-order valence-corrected chi connectivity index (χ3v) is 3.92. The largest absolute Gasteiger partial charge is 0.336 e. The molecule has 0 fully saturated rings. The van der Waals surface area contributed by atoms with Crippen molar-refractivity contribution in [2.75, 3.05) is 0 Å². The van der Waals surface area contributed by atoms with Gasteiger partial charge in [-0.3, -0.25) is 0 Å². The Bertz CT molecular complexity index is 240. The number of imidazole rings is 1. The molecule has 0 radical (unpaired) electrons. The number of nitrogens with one attached hydrogen (secondary N) is 1. The fourth-order valence-corrected chi connectivity index (χ4v) is 1.44. The third kappa shape index (κ3) is 2.30. The summed E-state index contributed by atoms with van der Waals surface area (Å²) in [5.74, 6) is 1.06. The van der Waals surface area contributed by atoms with Crippen molar-refractivity contribution in [1.29, 1.82) is 0 Å². The van der Waals surface area contributed by atoms with Crippen LogP contribution in [0.25, 0.3) is 0 Å². The molecule has 0 aliphatic rings. The van der Waals surface area contributed by atoms with E-state index in [-0.39, 0.29) is 5.41 Å². The lowest BCUT2D eigenvalue weighted by Gasteiger charge is -2.13. The van der Waals surface area contributed by atoms with Crippen molar-refractivity contribution < 1.29 is 0 Å². The second-order valence-electron chi connectivity index (χ2n) is 3.44. The summed E-state index contributed by atoms with van der Waals surface area (Å²) in [4.78, 5) is 7.66. The number of rotatable bonds is 0. The maximum Gasteiger partial charge on any atom is 0.133 e. The minimum atomic E-state index is 0.128. The molecule has 0 saturated carbocycles. The summed E-state index contributed by atoms with van der Waals surface area (Å²) in [6, 6.07) is 0. The molecule has 1 N–H and O–H groups in total. The zero-order chi connectivity index (χ0) is 8.65. The molecule has 0 aromatic carbocycles. The minimum absolute atomic E-state index is 0.128. The molecule has 0 bridgehead atoms. The Morgan fingerprint density at radius 1 is 1.27 bits per heavy atom. The van der Waals surface area contributed by atoms with Crippen molar-refractivity contribution >= 4 is 45.2 Å². The molecular formula is C7H10I2N2. The second-order valence-corrected chi connectivity index (χ2v) is 5.54. The Hall–Kier alpha value is 0.670. The van der Waals surface area contributed by atoms with Crippen LogP contribution in [-0.2, 0) is 5.41 Å². The lowest BCUT2D eigenvalue weighted by atomic mass is 9.96. The molecule has 11 heavy (non-hydrogen) atoms. The fourth-order valence-electron chi connectivity index (χ4n) is 0.686. The molecule has 1 aromatic heterocycles. The van der Waals surface area contributed by atoms with E-state index in [9.17, 15) is 0 Å². The van der Waals surface area contributed by atoms with Gasteiger partial charge < -0.3 is 4.98 Å². The number of aromatic amines is 1. The Balaban J connectivity index is 3.08. The first kappa shape index (κ1) is 9.76. The predicted octanol–water partition coefficient (Wildman–Crippen LogP) is 2.92. The molecule has 0 amide bonds. The Labute approximate surface area is 93.8 Å². The van der Waals surface area contributed by atoms with Crippen LogP contribution in [-0.4, -0.2) is 9.97 Å². The molecule has 0 saturated heterocycles. The number of halogens is 2. The van der Waals surface area contributed by atoms with Crippen molar-refractivity contribution in [3.05, 3.63) is 13.2 Å². The molecule has 1 heterocycles. The number of H-pyrrole nitrogens is 1. The highest BCUT2D eigenvalue weighted by atomic mass is 127. The number of aromatic nitrogens is 2. The van der Waals surface area contributed by atoms with Crippen LogP contribution >= 0.6 is 45.2 Å². The van der Waals surface area contributed by atoms with Crippen molar-refractivity contribution in [2.24, 2.45) is 0 Å². The summed E-state index contributed by atoms with van der Waals surface area (Å²) in [5.41, 5.74) is 0.128. The topological polar surface area (TPSA) is 28.7 Å². The molecule has 1 rings (SSSR count). The SMILES string of the molecule is CC(C)(C)c1nc(I)c(I)[nH]1. The van der Waals surface area contributed by atoms with Gasteiger partial charge in [-0.2, -0.15) is 0 Å². The number of nitrogens with zero attached hydrogens (tertiary/aromatic N) is 1. The molecule has 2 nitrogen and oxygen atoms in total. The average Bonchev–Trinajstić information content (AvgIpc) is 2.11. The Kier molecular flexibility index (Phi) is 2.83. The van der Waals surface area contributed by atoms with Crippen molar-refractivity contribution in [2.45, 2.75) is 26.2 Å². The monoisotopic (exact) mass is 376 g/mol. The van der Waals surface area contributed by atoms with Gasteiger partial charge in [-0.1, -0.05) is 20.8 Å². The van der Waals surface area contributed by atoms with Gasteiger partial charge in [0.25, 0.3) is 0 Å². The summed E-state index contributed by atoms with van der Waals surface area (Å²) in [6.45, 7) is 6.45. The Morgan fingerprint density at radius 2 is 1.82 bits per heavy atom. The van der Waals surface area contributed by atoms with E-state index >= 15 is 0 Å². The quantitative estimate of drug-likeness (QED) is 0.694. The number of hydrogen-bond acceptors (Lipinski definition) is 1. The molecule has 62 valence electrons. The molecule has 0 aliphatic heterocycles. The average molecular weight is 376 g/mol. The van der Waals surface area contributed by atoms with E-state index in [0.717, 1.165) is 13.2 Å². The van der Waals surface area contributed by atoms with Gasteiger partial charge in [0.05, 0.1) is 0 Å². The maximum atomic E-state index is 4.41. The van der Waals surface area contributed by atoms with Gasteiger partial charge in [-0.05, 0) is 45.2 Å². The van der Waals surface area contributed by atoms with E-state index in [4.69, 9.17) is 0 Å². The Morgan fingerprint density at radius 3 is 2.00 bits per heavy atom. The molecular weight excluding hydrogens is 366 g/mol. The standard InChI is InChI=1S/C7H10I2N2/c1-7(2,3)6-10-4(8)5(9)11-6/h1-3H3,(H,10,11). The van der Waals surface area contributed by atoms with E-state index < -0.39 is 0 Å². The van der Waals surface area contributed by atoms with Crippen LogP contribution in [0, 0.1) is 7.40 Å². The van der Waals surface area contributed by atoms with E-state index in [1.807, 2.05) is 0 Å². The van der Waals surface area contributed by atoms with E-state index in [1.165, 1.54) is 0 Å². The van der Waals surface area contributed by atoms with Crippen LogP contribution in [0.15, 0.2) is 0 Å². The van der Waals surface area contributed by atoms with Crippen LogP contribution < -0.4 is 0 Å². The van der Waals surface area contributed by atoms with Gasteiger partial charge in [0.1, 0.15) is 13.2 Å². The predicted molar refractivity (Wildman–Crippen MR) is 62.7 cm³/mol. The maximum absolute atomic E-state index is 4.41. The third-order valence-electron chi connectivity index (χ3n) is 1.33. The van der Waals surface area contributed by atoms with Crippen molar-refractivity contribution in [1.82, 2.24) is 9.97 Å². The molecule has 0 aliphatic carbocycles. The van der Waals surface area contributed by atoms with Crippen LogP contribution in [0.1, 0.15) is 26.6 Å². The highest BCUT2D eigenvalue weighted by Gasteiger charge is 2.18. The van der Waals surface area contributed by atoms with Crippen molar-refractivity contribution in [3.8, 4) is 0 Å². The first-order valence-corrected chi connectivity index (χ1v) is 5.48. The molecule has 0 atom stereocenters. The molecule has 0 spiro atoms. The van der Waals surface area contributed by atoms with Crippen molar-refractivity contribution in [3.63, 3.8) is 0 Å². The van der Waals surface area contributed by atoms with E-state index in [2.05, 4.69) is 75.9 Å². The van der Waals surface area contributed by atoms with E-state index in [1.54, 1.807) is 0 Å². The minimum Gasteiger partial charge on any atom is -0.336 e. The summed E-state index contributed by atoms with van der Waals surface area (Å²) in [6.07, 6.45) is 0. The van der Waals surface area contributed by atoms with Crippen LogP contribution in [0.2, 0.25) is 0 Å². The smallest absolute Gasteiger partial charge is 0.133 e. The van der Waals surface area contributed by atoms with E-state index in [0.29, 0.717) is 0 Å². The summed E-state index contributed by atoms with van der Waals surface area (Å²) < 4.78 is 2.20. The second kappa shape index (κ2) is 3.20. The lowest BCUT2D eigenvalue weighted by Crippen LogP contribution is -2.13. The molecule has 1 aromatic rings. The van der Waals surface area contributed by atoms with Gasteiger partial charge in [0.15, 0.2) is 0 Å². The highest BCUT2D eigenvalue weighted by molar-refractivity contribution is 14.1. The summed E-state index contributed by atoms with van der Waals surface area (Å²) in [5, 5.41) is 0. The first-order valence-electron chi connectivity index (χ1n) is 3.33. The highest BCUT2D eigenvalue weighted by Crippen LogP contribution is 2.22. The van der Waals surface area contributed by atoms with Gasteiger partial charge >= 0.3 is 0 Å². The van der Waals surface area contributed by atoms with Crippen LogP contribution in [0.4, 0.5) is 0 Å². The zero-order valence-corrected chi connectivity index (χ0v) is 11.0.